The minimum atomic E-state index is -0.360. The van der Waals surface area contributed by atoms with Crippen molar-refractivity contribution in [3.05, 3.63) is 29.6 Å². The Hall–Kier alpha value is -1.17. The van der Waals surface area contributed by atoms with Gasteiger partial charge in [0.25, 0.3) is 0 Å². The summed E-state index contributed by atoms with van der Waals surface area (Å²) in [6, 6.07) is 4.74. The number of hydrogen-bond acceptors (Lipinski definition) is 4. The number of rotatable bonds is 9. The van der Waals surface area contributed by atoms with Crippen molar-refractivity contribution in [2.24, 2.45) is 5.73 Å². The van der Waals surface area contributed by atoms with Crippen LogP contribution in [0.2, 0.25) is 0 Å². The van der Waals surface area contributed by atoms with E-state index >= 15 is 0 Å². The highest BCUT2D eigenvalue weighted by Crippen LogP contribution is 2.21. The molecule has 21 heavy (non-hydrogen) atoms. The van der Waals surface area contributed by atoms with Crippen LogP contribution in [-0.4, -0.2) is 57.2 Å². The first-order valence-corrected chi connectivity index (χ1v) is 7.44. The third-order valence-corrected chi connectivity index (χ3v) is 3.59. The van der Waals surface area contributed by atoms with Crippen molar-refractivity contribution in [3.63, 3.8) is 0 Å². The molecule has 4 nitrogen and oxygen atoms in total. The van der Waals surface area contributed by atoms with Gasteiger partial charge in [0.1, 0.15) is 0 Å². The molecule has 0 radical (unpaired) electrons. The predicted octanol–water partition coefficient (Wildman–Crippen LogP) is 2.11. The normalized spacial score (nSPS) is 13.0. The molecule has 1 atom stereocenters. The second-order valence-electron chi connectivity index (χ2n) is 5.55. The Balaban J connectivity index is 2.57. The van der Waals surface area contributed by atoms with E-state index in [0.29, 0.717) is 0 Å². The number of methoxy groups -OCH3 is 1. The molecule has 120 valence electrons. The minimum Gasteiger partial charge on any atom is -0.494 e. The fourth-order valence-corrected chi connectivity index (χ4v) is 2.29. The molecule has 0 bridgehead atoms. The maximum absolute atomic E-state index is 13.7. The number of likely N-dealkylation sites (N-methyl/N-ethyl adjacent to an activating group) is 1. The number of benzene rings is 1. The lowest BCUT2D eigenvalue weighted by molar-refractivity contribution is 0.252. The van der Waals surface area contributed by atoms with Crippen molar-refractivity contribution in [2.45, 2.75) is 19.4 Å². The van der Waals surface area contributed by atoms with Gasteiger partial charge in [0.15, 0.2) is 11.6 Å². The fourth-order valence-electron chi connectivity index (χ4n) is 2.29. The molecule has 0 fully saturated rings. The molecule has 0 aliphatic carbocycles. The zero-order valence-corrected chi connectivity index (χ0v) is 13.6. The maximum Gasteiger partial charge on any atom is 0.165 e. The molecule has 0 spiro atoms. The van der Waals surface area contributed by atoms with Gasteiger partial charge in [0.05, 0.1) is 7.11 Å². The van der Waals surface area contributed by atoms with Crippen LogP contribution in [0.5, 0.6) is 5.75 Å². The van der Waals surface area contributed by atoms with Crippen LogP contribution in [0.1, 0.15) is 24.9 Å². The smallest absolute Gasteiger partial charge is 0.165 e. The van der Waals surface area contributed by atoms with Crippen LogP contribution < -0.4 is 10.5 Å². The van der Waals surface area contributed by atoms with Crippen LogP contribution in [0.15, 0.2) is 18.2 Å². The van der Waals surface area contributed by atoms with Crippen molar-refractivity contribution in [1.82, 2.24) is 9.80 Å². The van der Waals surface area contributed by atoms with E-state index in [1.54, 1.807) is 6.07 Å². The molecule has 0 saturated carbocycles. The summed E-state index contributed by atoms with van der Waals surface area (Å²) in [4.78, 5) is 4.48. The van der Waals surface area contributed by atoms with Gasteiger partial charge >= 0.3 is 0 Å². The zero-order chi connectivity index (χ0) is 15.8. The van der Waals surface area contributed by atoms with Gasteiger partial charge in [-0.05, 0) is 57.8 Å². The van der Waals surface area contributed by atoms with E-state index in [2.05, 4.69) is 30.8 Å². The average molecular weight is 297 g/mol. The third-order valence-electron chi connectivity index (χ3n) is 3.59. The molecule has 0 aromatic heterocycles. The third kappa shape index (κ3) is 5.99. The van der Waals surface area contributed by atoms with Crippen LogP contribution in [0.4, 0.5) is 4.39 Å². The Bertz CT molecular complexity index is 426. The Labute approximate surface area is 127 Å². The summed E-state index contributed by atoms with van der Waals surface area (Å²) in [5.74, 6) is -0.106. The van der Waals surface area contributed by atoms with Gasteiger partial charge in [-0.3, -0.25) is 0 Å². The standard InChI is InChI=1S/C16H28FN3O/c1-5-20(10-6-9-19(2)3)12-15(18)13-7-8-16(21-4)14(17)11-13/h7-8,11,15H,5-6,9-10,12,18H2,1-4H3. The summed E-state index contributed by atoms with van der Waals surface area (Å²) >= 11 is 0. The van der Waals surface area contributed by atoms with Gasteiger partial charge in [0, 0.05) is 12.6 Å². The molecular weight excluding hydrogens is 269 g/mol. The van der Waals surface area contributed by atoms with Gasteiger partial charge < -0.3 is 20.3 Å². The Morgan fingerprint density at radius 3 is 2.52 bits per heavy atom. The van der Waals surface area contributed by atoms with Crippen LogP contribution in [-0.2, 0) is 0 Å². The largest absolute Gasteiger partial charge is 0.494 e. The van der Waals surface area contributed by atoms with E-state index in [4.69, 9.17) is 10.5 Å². The first-order valence-electron chi connectivity index (χ1n) is 7.44. The minimum absolute atomic E-state index is 0.190. The average Bonchev–Trinajstić information content (AvgIpc) is 2.45. The highest BCUT2D eigenvalue weighted by atomic mass is 19.1. The number of nitrogens with zero attached hydrogens (tertiary/aromatic N) is 2. The van der Waals surface area contributed by atoms with Gasteiger partial charge in [-0.15, -0.1) is 0 Å². The lowest BCUT2D eigenvalue weighted by Crippen LogP contribution is -2.34. The van der Waals surface area contributed by atoms with Crippen molar-refractivity contribution in [2.75, 3.05) is 47.4 Å². The molecule has 2 N–H and O–H groups in total. The number of hydrogen-bond donors (Lipinski definition) is 1. The lowest BCUT2D eigenvalue weighted by Gasteiger charge is -2.25. The number of nitrogens with two attached hydrogens (primary N) is 1. The molecule has 1 aromatic carbocycles. The maximum atomic E-state index is 13.7. The van der Waals surface area contributed by atoms with Gasteiger partial charge in [-0.1, -0.05) is 13.0 Å². The van der Waals surface area contributed by atoms with Crippen molar-refractivity contribution in [1.29, 1.82) is 0 Å². The fraction of sp³-hybridized carbons (Fsp3) is 0.625. The van der Waals surface area contributed by atoms with Crippen LogP contribution in [0.3, 0.4) is 0 Å². The van der Waals surface area contributed by atoms with E-state index in [1.165, 1.54) is 13.2 Å². The van der Waals surface area contributed by atoms with Gasteiger partial charge in [-0.2, -0.15) is 0 Å². The first kappa shape index (κ1) is 17.9. The molecular formula is C16H28FN3O. The van der Waals surface area contributed by atoms with Crippen LogP contribution in [0, 0.1) is 5.82 Å². The number of ether oxygens (including phenoxy) is 1. The molecule has 5 heteroatoms. The summed E-state index contributed by atoms with van der Waals surface area (Å²) in [6.45, 7) is 5.86. The van der Waals surface area contributed by atoms with Crippen LogP contribution >= 0.6 is 0 Å². The summed E-state index contributed by atoms with van der Waals surface area (Å²) in [7, 11) is 5.60. The van der Waals surface area contributed by atoms with E-state index in [-0.39, 0.29) is 17.6 Å². The molecule has 0 amide bonds. The van der Waals surface area contributed by atoms with Crippen molar-refractivity contribution in [3.8, 4) is 5.75 Å². The second kappa shape index (κ2) is 8.97. The quantitative estimate of drug-likeness (QED) is 0.758. The van der Waals surface area contributed by atoms with Crippen LogP contribution in [0.25, 0.3) is 0 Å². The Kier molecular flexibility index (Phi) is 7.64. The lowest BCUT2D eigenvalue weighted by atomic mass is 10.1. The highest BCUT2D eigenvalue weighted by molar-refractivity contribution is 5.31. The predicted molar refractivity (Wildman–Crippen MR) is 85.2 cm³/mol. The van der Waals surface area contributed by atoms with Gasteiger partial charge in [0.2, 0.25) is 0 Å². The molecule has 0 aliphatic rings. The summed E-state index contributed by atoms with van der Waals surface area (Å²) in [5.41, 5.74) is 7.01. The van der Waals surface area contributed by atoms with Crippen molar-refractivity contribution >= 4 is 0 Å². The summed E-state index contributed by atoms with van der Waals surface area (Å²) in [6.07, 6.45) is 1.10. The zero-order valence-electron chi connectivity index (χ0n) is 13.6. The molecule has 0 saturated heterocycles. The van der Waals surface area contributed by atoms with E-state index in [9.17, 15) is 4.39 Å². The molecule has 1 rings (SSSR count). The van der Waals surface area contributed by atoms with E-state index in [0.717, 1.165) is 38.2 Å². The SMILES string of the molecule is CCN(CCCN(C)C)CC(N)c1ccc(OC)c(F)c1. The van der Waals surface area contributed by atoms with Gasteiger partial charge in [-0.25, -0.2) is 4.39 Å². The highest BCUT2D eigenvalue weighted by Gasteiger charge is 2.13. The second-order valence-corrected chi connectivity index (χ2v) is 5.55. The van der Waals surface area contributed by atoms with Crippen molar-refractivity contribution < 1.29 is 9.13 Å². The van der Waals surface area contributed by atoms with E-state index in [1.807, 2.05) is 6.07 Å². The topological polar surface area (TPSA) is 41.7 Å². The molecule has 0 heterocycles. The monoisotopic (exact) mass is 297 g/mol. The molecule has 1 aromatic rings. The molecule has 1 unspecified atom stereocenters. The van der Waals surface area contributed by atoms with E-state index < -0.39 is 0 Å². The number of halogens is 1. The Morgan fingerprint density at radius 1 is 1.29 bits per heavy atom. The summed E-state index contributed by atoms with van der Waals surface area (Å²) in [5, 5.41) is 0. The first-order chi connectivity index (χ1) is 9.97. The Morgan fingerprint density at radius 2 is 2.00 bits per heavy atom. The molecule has 0 aliphatic heterocycles. The summed E-state index contributed by atoms with van der Waals surface area (Å²) < 4.78 is 18.6.